The molecule has 1 N–H and O–H groups in total. The Morgan fingerprint density at radius 3 is 2.70 bits per heavy atom. The van der Waals surface area contributed by atoms with E-state index in [9.17, 15) is 4.79 Å². The van der Waals surface area contributed by atoms with Gasteiger partial charge in [0.25, 0.3) is 5.91 Å². The summed E-state index contributed by atoms with van der Waals surface area (Å²) >= 11 is 12.2. The van der Waals surface area contributed by atoms with E-state index in [0.717, 1.165) is 5.56 Å². The van der Waals surface area contributed by atoms with Crippen LogP contribution in [0, 0.1) is 6.92 Å². The molecule has 138 valence electrons. The van der Waals surface area contributed by atoms with Crippen molar-refractivity contribution in [3.8, 4) is 17.1 Å². The lowest BCUT2D eigenvalue weighted by atomic mass is 10.2. The van der Waals surface area contributed by atoms with Gasteiger partial charge in [0.15, 0.2) is 6.61 Å². The Bertz CT molecular complexity index is 966. The van der Waals surface area contributed by atoms with Gasteiger partial charge in [0.1, 0.15) is 17.3 Å². The average molecular weight is 403 g/mol. The molecule has 1 aromatic heterocycles. The van der Waals surface area contributed by atoms with Crippen molar-refractivity contribution in [2.24, 2.45) is 5.10 Å². The number of benzene rings is 2. The number of halogens is 2. The normalized spacial score (nSPS) is 10.9. The van der Waals surface area contributed by atoms with Gasteiger partial charge in [-0.3, -0.25) is 4.79 Å². The first kappa shape index (κ1) is 19.0. The van der Waals surface area contributed by atoms with Crippen LogP contribution in [0.1, 0.15) is 11.3 Å². The van der Waals surface area contributed by atoms with Crippen molar-refractivity contribution >= 4 is 35.3 Å². The van der Waals surface area contributed by atoms with E-state index in [1.165, 1.54) is 6.21 Å². The first-order valence-corrected chi connectivity index (χ1v) is 8.84. The average Bonchev–Trinajstić information content (AvgIpc) is 3.12. The molecule has 0 spiro atoms. The number of rotatable bonds is 6. The summed E-state index contributed by atoms with van der Waals surface area (Å²) < 4.78 is 11.0. The molecule has 0 radical (unpaired) electrons. The van der Waals surface area contributed by atoms with Gasteiger partial charge in [-0.15, -0.1) is 0 Å². The summed E-state index contributed by atoms with van der Waals surface area (Å²) in [6, 6.07) is 16.2. The summed E-state index contributed by atoms with van der Waals surface area (Å²) in [6.07, 6.45) is 1.39. The number of furan rings is 1. The quantitative estimate of drug-likeness (QED) is 0.461. The third-order valence-corrected chi connectivity index (χ3v) is 4.43. The number of nitrogens with one attached hydrogen (secondary N) is 1. The Labute approximate surface area is 166 Å². The van der Waals surface area contributed by atoms with E-state index in [-0.39, 0.29) is 12.5 Å². The van der Waals surface area contributed by atoms with Crippen LogP contribution in [0.3, 0.4) is 0 Å². The molecule has 0 saturated carbocycles. The van der Waals surface area contributed by atoms with E-state index >= 15 is 0 Å². The van der Waals surface area contributed by atoms with Gasteiger partial charge in [0, 0.05) is 5.56 Å². The zero-order valence-corrected chi connectivity index (χ0v) is 15.9. The molecule has 1 heterocycles. The molecule has 3 rings (SSSR count). The second kappa shape index (κ2) is 8.75. The topological polar surface area (TPSA) is 63.8 Å². The first-order valence-electron chi connectivity index (χ1n) is 8.08. The van der Waals surface area contributed by atoms with Crippen LogP contribution >= 0.6 is 23.2 Å². The number of amides is 1. The van der Waals surface area contributed by atoms with Crippen LogP contribution in [-0.2, 0) is 4.79 Å². The Hall–Kier alpha value is -2.76. The molecule has 0 unspecified atom stereocenters. The van der Waals surface area contributed by atoms with Crippen molar-refractivity contribution in [1.82, 2.24) is 5.43 Å². The highest BCUT2D eigenvalue weighted by atomic mass is 35.5. The summed E-state index contributed by atoms with van der Waals surface area (Å²) in [5.74, 6) is 1.25. The zero-order chi connectivity index (χ0) is 19.2. The molecule has 0 atom stereocenters. The first-order chi connectivity index (χ1) is 13.0. The zero-order valence-electron chi connectivity index (χ0n) is 14.4. The smallest absolute Gasteiger partial charge is 0.277 e. The van der Waals surface area contributed by atoms with Crippen LogP contribution in [0.5, 0.6) is 5.75 Å². The minimum atomic E-state index is -0.378. The predicted molar refractivity (Wildman–Crippen MR) is 107 cm³/mol. The fraction of sp³-hybridized carbons (Fsp3) is 0.100. The van der Waals surface area contributed by atoms with E-state index in [0.29, 0.717) is 32.9 Å². The van der Waals surface area contributed by atoms with Crippen molar-refractivity contribution in [3.63, 3.8) is 0 Å². The summed E-state index contributed by atoms with van der Waals surface area (Å²) in [7, 11) is 0. The molecule has 5 nitrogen and oxygen atoms in total. The van der Waals surface area contributed by atoms with Gasteiger partial charge < -0.3 is 9.15 Å². The van der Waals surface area contributed by atoms with E-state index in [4.69, 9.17) is 32.4 Å². The SMILES string of the molecule is Cc1ccc(OCC(=O)N/N=C\c2ccc(-c3cccc(Cl)c3Cl)o2)cc1. The molecule has 27 heavy (non-hydrogen) atoms. The number of carbonyl (C=O) groups excluding carboxylic acids is 1. The monoisotopic (exact) mass is 402 g/mol. The fourth-order valence-electron chi connectivity index (χ4n) is 2.24. The lowest BCUT2D eigenvalue weighted by Gasteiger charge is -2.04. The number of hydrazone groups is 1. The third kappa shape index (κ3) is 5.12. The van der Waals surface area contributed by atoms with Gasteiger partial charge in [-0.25, -0.2) is 5.43 Å². The number of hydrogen-bond donors (Lipinski definition) is 1. The Kier molecular flexibility index (Phi) is 6.16. The largest absolute Gasteiger partial charge is 0.484 e. The maximum atomic E-state index is 11.8. The molecule has 0 fully saturated rings. The number of ether oxygens (including phenoxy) is 1. The van der Waals surface area contributed by atoms with Crippen LogP contribution < -0.4 is 10.2 Å². The summed E-state index contributed by atoms with van der Waals surface area (Å²) in [5, 5.41) is 4.72. The van der Waals surface area contributed by atoms with Crippen LogP contribution in [0.2, 0.25) is 10.0 Å². The highest BCUT2D eigenvalue weighted by Crippen LogP contribution is 2.34. The standard InChI is InChI=1S/C20H16Cl2N2O3/c1-13-5-7-14(8-6-13)26-12-19(25)24-23-11-15-9-10-18(27-15)16-3-2-4-17(21)20(16)22/h2-11H,12H2,1H3,(H,24,25)/b23-11-. The van der Waals surface area contributed by atoms with E-state index in [1.807, 2.05) is 19.1 Å². The second-order valence-corrected chi connectivity index (χ2v) is 6.48. The Morgan fingerprint density at radius 1 is 1.15 bits per heavy atom. The fourth-order valence-corrected chi connectivity index (χ4v) is 2.64. The summed E-state index contributed by atoms with van der Waals surface area (Å²) in [5.41, 5.74) is 4.18. The van der Waals surface area contributed by atoms with E-state index < -0.39 is 0 Å². The predicted octanol–water partition coefficient (Wildman–Crippen LogP) is 5.09. The molecule has 3 aromatic rings. The van der Waals surface area contributed by atoms with Crippen LogP contribution in [0.4, 0.5) is 0 Å². The Balaban J connectivity index is 1.54. The van der Waals surface area contributed by atoms with Crippen molar-refractivity contribution in [2.75, 3.05) is 6.61 Å². The maximum Gasteiger partial charge on any atom is 0.277 e. The van der Waals surface area contributed by atoms with Crippen molar-refractivity contribution in [2.45, 2.75) is 6.92 Å². The second-order valence-electron chi connectivity index (χ2n) is 5.70. The van der Waals surface area contributed by atoms with Crippen LogP contribution in [0.25, 0.3) is 11.3 Å². The Morgan fingerprint density at radius 2 is 1.93 bits per heavy atom. The summed E-state index contributed by atoms with van der Waals surface area (Å²) in [4.78, 5) is 11.8. The number of aryl methyl sites for hydroxylation is 1. The minimum absolute atomic E-state index is 0.137. The lowest BCUT2D eigenvalue weighted by molar-refractivity contribution is -0.123. The number of nitrogens with zero attached hydrogens (tertiary/aromatic N) is 1. The highest BCUT2D eigenvalue weighted by molar-refractivity contribution is 6.43. The number of carbonyl (C=O) groups is 1. The maximum absolute atomic E-state index is 11.8. The molecule has 1 amide bonds. The van der Waals surface area contributed by atoms with E-state index in [2.05, 4.69) is 10.5 Å². The molecular weight excluding hydrogens is 387 g/mol. The molecule has 0 aliphatic rings. The van der Waals surface area contributed by atoms with Gasteiger partial charge in [0.05, 0.1) is 16.3 Å². The van der Waals surface area contributed by atoms with E-state index in [1.54, 1.807) is 42.5 Å². The van der Waals surface area contributed by atoms with Gasteiger partial charge in [-0.2, -0.15) is 5.10 Å². The van der Waals surface area contributed by atoms with Crippen LogP contribution in [-0.4, -0.2) is 18.7 Å². The van der Waals surface area contributed by atoms with Gasteiger partial charge >= 0.3 is 0 Å². The molecule has 0 aliphatic heterocycles. The lowest BCUT2D eigenvalue weighted by Crippen LogP contribution is -2.24. The third-order valence-electron chi connectivity index (χ3n) is 3.62. The molecule has 0 aliphatic carbocycles. The molecule has 7 heteroatoms. The van der Waals surface area contributed by atoms with Crippen LogP contribution in [0.15, 0.2) is 64.1 Å². The molecule has 0 bridgehead atoms. The minimum Gasteiger partial charge on any atom is -0.484 e. The number of hydrogen-bond acceptors (Lipinski definition) is 4. The van der Waals surface area contributed by atoms with Gasteiger partial charge in [-0.1, -0.05) is 47.0 Å². The summed E-state index contributed by atoms with van der Waals surface area (Å²) in [6.45, 7) is 1.84. The molecule has 0 saturated heterocycles. The van der Waals surface area contributed by atoms with Crippen molar-refractivity contribution in [3.05, 3.63) is 76.0 Å². The van der Waals surface area contributed by atoms with Crippen molar-refractivity contribution < 1.29 is 13.9 Å². The molecule has 2 aromatic carbocycles. The van der Waals surface area contributed by atoms with Gasteiger partial charge in [0.2, 0.25) is 0 Å². The van der Waals surface area contributed by atoms with Crippen molar-refractivity contribution in [1.29, 1.82) is 0 Å². The highest BCUT2D eigenvalue weighted by Gasteiger charge is 2.10. The van der Waals surface area contributed by atoms with Gasteiger partial charge in [-0.05, 0) is 43.3 Å². The molecular formula is C20H16Cl2N2O3.